The van der Waals surface area contributed by atoms with E-state index < -0.39 is 6.10 Å². The minimum absolute atomic E-state index is 0.0748. The van der Waals surface area contributed by atoms with Crippen molar-refractivity contribution < 1.29 is 28.6 Å². The second-order valence-corrected chi connectivity index (χ2v) is 17.4. The lowest BCUT2D eigenvalue weighted by Gasteiger charge is -2.18. The fourth-order valence-corrected chi connectivity index (χ4v) is 7.41. The summed E-state index contributed by atoms with van der Waals surface area (Å²) in [6.07, 6.45) is 57.3. The highest BCUT2D eigenvalue weighted by atomic mass is 16.6. The Labute approximate surface area is 372 Å². The molecular weight excluding hydrogens is 745 g/mol. The Balaban J connectivity index is 4.13. The predicted octanol–water partition coefficient (Wildman–Crippen LogP) is 16.9. The fourth-order valence-electron chi connectivity index (χ4n) is 7.41. The largest absolute Gasteiger partial charge is 0.462 e. The molecule has 0 saturated heterocycles. The summed E-state index contributed by atoms with van der Waals surface area (Å²) >= 11 is 0. The number of carbonyl (C=O) groups excluding carboxylic acids is 3. The summed E-state index contributed by atoms with van der Waals surface area (Å²) in [5, 5.41) is 0. The van der Waals surface area contributed by atoms with Gasteiger partial charge >= 0.3 is 17.9 Å². The number of hydrogen-bond donors (Lipinski definition) is 0. The smallest absolute Gasteiger partial charge is 0.306 e. The van der Waals surface area contributed by atoms with Gasteiger partial charge in [-0.15, -0.1) is 0 Å². The summed E-state index contributed by atoms with van der Waals surface area (Å²) in [5.41, 5.74) is 0. The van der Waals surface area contributed by atoms with E-state index in [0.717, 1.165) is 70.6 Å². The molecule has 0 radical (unpaired) electrons. The van der Waals surface area contributed by atoms with Crippen LogP contribution in [-0.2, 0) is 28.6 Å². The molecular formula is C54H98O6. The van der Waals surface area contributed by atoms with Crippen LogP contribution in [0.2, 0.25) is 0 Å². The highest BCUT2D eigenvalue weighted by Crippen LogP contribution is 2.15. The summed E-state index contributed by atoms with van der Waals surface area (Å²) in [4.78, 5) is 37.7. The Kier molecular flexibility index (Phi) is 47.3. The Bertz CT molecular complexity index is 1020. The van der Waals surface area contributed by atoms with Gasteiger partial charge in [-0.2, -0.15) is 0 Å². The number of ether oxygens (including phenoxy) is 3. The fraction of sp³-hybridized carbons (Fsp3) is 0.833. The number of hydrogen-bond acceptors (Lipinski definition) is 6. The zero-order chi connectivity index (χ0) is 43.7. The molecule has 0 aromatic rings. The molecule has 0 rings (SSSR count). The average molecular weight is 843 g/mol. The summed E-state index contributed by atoms with van der Waals surface area (Å²) < 4.78 is 16.7. The summed E-state index contributed by atoms with van der Waals surface area (Å²) in [6, 6.07) is 0. The summed E-state index contributed by atoms with van der Waals surface area (Å²) in [5.74, 6) is -0.888. The van der Waals surface area contributed by atoms with Crippen molar-refractivity contribution in [1.29, 1.82) is 0 Å². The molecule has 6 heteroatoms. The van der Waals surface area contributed by atoms with E-state index in [1.165, 1.54) is 161 Å². The molecule has 350 valence electrons. The number of carbonyl (C=O) groups is 3. The van der Waals surface area contributed by atoms with Crippen molar-refractivity contribution in [2.45, 2.75) is 277 Å². The maximum absolute atomic E-state index is 12.7. The second kappa shape index (κ2) is 49.3. The summed E-state index contributed by atoms with van der Waals surface area (Å²) in [6.45, 7) is 6.56. The first-order valence-corrected chi connectivity index (χ1v) is 26.0. The van der Waals surface area contributed by atoms with E-state index in [4.69, 9.17) is 14.2 Å². The molecule has 0 saturated carbocycles. The predicted molar refractivity (Wildman–Crippen MR) is 256 cm³/mol. The van der Waals surface area contributed by atoms with Gasteiger partial charge in [0.15, 0.2) is 6.10 Å². The van der Waals surface area contributed by atoms with E-state index in [9.17, 15) is 14.4 Å². The van der Waals surface area contributed by atoms with Gasteiger partial charge in [0, 0.05) is 19.3 Å². The molecule has 0 amide bonds. The zero-order valence-electron chi connectivity index (χ0n) is 40.0. The van der Waals surface area contributed by atoms with Crippen LogP contribution in [0, 0.1) is 0 Å². The molecule has 0 heterocycles. The molecule has 0 aromatic heterocycles. The van der Waals surface area contributed by atoms with Gasteiger partial charge in [0.2, 0.25) is 0 Å². The van der Waals surface area contributed by atoms with Crippen molar-refractivity contribution in [3.05, 3.63) is 36.5 Å². The first kappa shape index (κ1) is 57.6. The maximum Gasteiger partial charge on any atom is 0.306 e. The van der Waals surface area contributed by atoms with Crippen LogP contribution < -0.4 is 0 Å². The Morgan fingerprint density at radius 2 is 0.600 bits per heavy atom. The third-order valence-electron chi connectivity index (χ3n) is 11.4. The van der Waals surface area contributed by atoms with E-state index in [0.29, 0.717) is 19.3 Å². The first-order chi connectivity index (χ1) is 29.5. The monoisotopic (exact) mass is 843 g/mol. The van der Waals surface area contributed by atoms with E-state index >= 15 is 0 Å². The van der Waals surface area contributed by atoms with E-state index in [-0.39, 0.29) is 31.1 Å². The van der Waals surface area contributed by atoms with Crippen LogP contribution in [0.25, 0.3) is 0 Å². The number of unbranched alkanes of at least 4 members (excludes halogenated alkanes) is 30. The molecule has 0 aromatic carbocycles. The van der Waals surface area contributed by atoms with Crippen LogP contribution in [0.5, 0.6) is 0 Å². The zero-order valence-corrected chi connectivity index (χ0v) is 40.0. The van der Waals surface area contributed by atoms with Crippen molar-refractivity contribution in [3.8, 4) is 0 Å². The molecule has 0 spiro atoms. The molecule has 1 atom stereocenters. The standard InChI is InChI=1S/C54H98O6/c1-4-7-10-13-16-18-20-22-23-24-25-26-27-28-29-30-31-33-34-36-38-41-44-47-53(56)59-50-51(49-58-52(55)46-43-40-15-12-9-6-3)60-54(57)48-45-42-39-37-35-32-21-19-17-14-11-8-5-2/h19-22,24-25,51H,4-18,23,26-50H2,1-3H3/b21-19-,22-20-,25-24-. The Morgan fingerprint density at radius 3 is 0.950 bits per heavy atom. The maximum atomic E-state index is 12.7. The number of allylic oxidation sites excluding steroid dienone is 6. The average Bonchev–Trinajstić information content (AvgIpc) is 3.24. The molecule has 0 aliphatic rings. The molecule has 0 bridgehead atoms. The van der Waals surface area contributed by atoms with Crippen molar-refractivity contribution in [3.63, 3.8) is 0 Å². The lowest BCUT2D eigenvalue weighted by molar-refractivity contribution is -0.167. The topological polar surface area (TPSA) is 78.9 Å². The molecule has 0 aliphatic heterocycles. The molecule has 0 aliphatic carbocycles. The van der Waals surface area contributed by atoms with E-state index in [1.807, 2.05) is 0 Å². The van der Waals surface area contributed by atoms with Gasteiger partial charge in [0.1, 0.15) is 13.2 Å². The van der Waals surface area contributed by atoms with Gasteiger partial charge in [-0.1, -0.05) is 211 Å². The third kappa shape index (κ3) is 46.7. The molecule has 0 fully saturated rings. The third-order valence-corrected chi connectivity index (χ3v) is 11.4. The number of esters is 3. The lowest BCUT2D eigenvalue weighted by atomic mass is 10.0. The van der Waals surface area contributed by atoms with Crippen molar-refractivity contribution in [2.75, 3.05) is 13.2 Å². The lowest BCUT2D eigenvalue weighted by Crippen LogP contribution is -2.30. The van der Waals surface area contributed by atoms with Gasteiger partial charge in [0.05, 0.1) is 0 Å². The van der Waals surface area contributed by atoms with Gasteiger partial charge in [-0.3, -0.25) is 14.4 Å². The highest BCUT2D eigenvalue weighted by Gasteiger charge is 2.19. The molecule has 1 unspecified atom stereocenters. The molecule has 6 nitrogen and oxygen atoms in total. The Morgan fingerprint density at radius 1 is 0.333 bits per heavy atom. The van der Waals surface area contributed by atoms with Crippen LogP contribution in [0.3, 0.4) is 0 Å². The van der Waals surface area contributed by atoms with Crippen LogP contribution in [0.4, 0.5) is 0 Å². The molecule has 0 N–H and O–H groups in total. The van der Waals surface area contributed by atoms with Crippen molar-refractivity contribution in [2.24, 2.45) is 0 Å². The van der Waals surface area contributed by atoms with Crippen LogP contribution in [-0.4, -0.2) is 37.2 Å². The minimum Gasteiger partial charge on any atom is -0.462 e. The van der Waals surface area contributed by atoms with Gasteiger partial charge in [-0.05, 0) is 77.0 Å². The van der Waals surface area contributed by atoms with Gasteiger partial charge in [0.25, 0.3) is 0 Å². The molecule has 60 heavy (non-hydrogen) atoms. The minimum atomic E-state index is -0.771. The van der Waals surface area contributed by atoms with Gasteiger partial charge in [-0.25, -0.2) is 0 Å². The van der Waals surface area contributed by atoms with Crippen LogP contribution in [0.1, 0.15) is 271 Å². The first-order valence-electron chi connectivity index (χ1n) is 26.0. The Hall–Kier alpha value is -2.37. The highest BCUT2D eigenvalue weighted by molar-refractivity contribution is 5.71. The van der Waals surface area contributed by atoms with Gasteiger partial charge < -0.3 is 14.2 Å². The van der Waals surface area contributed by atoms with Crippen molar-refractivity contribution >= 4 is 17.9 Å². The second-order valence-electron chi connectivity index (χ2n) is 17.4. The van der Waals surface area contributed by atoms with E-state index in [2.05, 4.69) is 57.2 Å². The van der Waals surface area contributed by atoms with Crippen LogP contribution >= 0.6 is 0 Å². The van der Waals surface area contributed by atoms with Crippen LogP contribution in [0.15, 0.2) is 36.5 Å². The normalized spacial score (nSPS) is 12.2. The van der Waals surface area contributed by atoms with Crippen molar-refractivity contribution in [1.82, 2.24) is 0 Å². The van der Waals surface area contributed by atoms with E-state index in [1.54, 1.807) is 0 Å². The summed E-state index contributed by atoms with van der Waals surface area (Å²) in [7, 11) is 0. The SMILES string of the molecule is CCCCCC/C=C\CCCCCCCC(=O)OC(COC(=O)CCCCCCCC)COC(=O)CCCCCCCCCCCCC/C=C\C/C=C\CCCCCCC. The quantitative estimate of drug-likeness (QED) is 0.0263. The number of rotatable bonds is 47.